The second-order valence-corrected chi connectivity index (χ2v) is 3.95. The first-order valence-corrected chi connectivity index (χ1v) is 4.76. The van der Waals surface area contributed by atoms with E-state index in [9.17, 15) is 8.42 Å². The van der Waals surface area contributed by atoms with Gasteiger partial charge in [0.25, 0.3) is 10.1 Å². The fourth-order valence-corrected chi connectivity index (χ4v) is 1.69. The van der Waals surface area contributed by atoms with Crippen molar-refractivity contribution >= 4 is 10.1 Å². The summed E-state index contributed by atoms with van der Waals surface area (Å²) in [5, 5.41) is 0. The summed E-state index contributed by atoms with van der Waals surface area (Å²) >= 11 is 0. The Labute approximate surface area is 70.5 Å². The zero-order chi connectivity index (χ0) is 9.35. The summed E-state index contributed by atoms with van der Waals surface area (Å²) in [6, 6.07) is -0.394. The van der Waals surface area contributed by atoms with Gasteiger partial charge in [-0.2, -0.15) is 8.42 Å². The highest BCUT2D eigenvalue weighted by Gasteiger charge is 2.20. The van der Waals surface area contributed by atoms with Crippen molar-refractivity contribution in [2.45, 2.75) is 12.5 Å². The molecule has 0 radical (unpaired) electrons. The molecule has 0 spiro atoms. The van der Waals surface area contributed by atoms with Crippen molar-refractivity contribution in [2.24, 2.45) is 11.5 Å². The SMILES string of the molecule is NC1=CCC(N)C=C1S(=O)(=O)O. The van der Waals surface area contributed by atoms with Crippen LogP contribution in [-0.2, 0) is 10.1 Å². The Morgan fingerprint density at radius 2 is 2.17 bits per heavy atom. The third-order valence-corrected chi connectivity index (χ3v) is 2.47. The molecule has 1 atom stereocenters. The van der Waals surface area contributed by atoms with Gasteiger partial charge in [-0.15, -0.1) is 0 Å². The molecule has 1 aliphatic rings. The molecule has 0 saturated heterocycles. The zero-order valence-electron chi connectivity index (χ0n) is 6.27. The molecule has 5 N–H and O–H groups in total. The first-order valence-electron chi connectivity index (χ1n) is 3.32. The van der Waals surface area contributed by atoms with Crippen molar-refractivity contribution < 1.29 is 13.0 Å². The first-order chi connectivity index (χ1) is 5.41. The van der Waals surface area contributed by atoms with Crippen molar-refractivity contribution in [3.63, 3.8) is 0 Å². The maximum atomic E-state index is 10.7. The van der Waals surface area contributed by atoms with Crippen molar-refractivity contribution in [1.82, 2.24) is 0 Å². The monoisotopic (exact) mass is 190 g/mol. The normalized spacial score (nSPS) is 24.7. The standard InChI is InChI=1S/C6H10N2O3S/c7-4-1-2-5(8)6(3-4)12(9,10)11/h2-4H,1,7-8H2,(H,9,10,11). The van der Waals surface area contributed by atoms with Gasteiger partial charge in [0.15, 0.2) is 0 Å². The molecule has 0 heterocycles. The number of hydrogen-bond donors (Lipinski definition) is 3. The lowest BCUT2D eigenvalue weighted by Gasteiger charge is -2.13. The molecular formula is C6H10N2O3S. The van der Waals surface area contributed by atoms with E-state index in [2.05, 4.69) is 0 Å². The molecule has 0 aromatic carbocycles. The Balaban J connectivity index is 3.11. The van der Waals surface area contributed by atoms with E-state index in [0.717, 1.165) is 0 Å². The fraction of sp³-hybridized carbons (Fsp3) is 0.333. The minimum Gasteiger partial charge on any atom is -0.398 e. The molecule has 68 valence electrons. The van der Waals surface area contributed by atoms with Crippen LogP contribution in [0.3, 0.4) is 0 Å². The highest BCUT2D eigenvalue weighted by atomic mass is 32.2. The maximum absolute atomic E-state index is 10.7. The van der Waals surface area contributed by atoms with Crippen LogP contribution < -0.4 is 11.5 Å². The van der Waals surface area contributed by atoms with Crippen LogP contribution >= 0.6 is 0 Å². The molecule has 1 aliphatic carbocycles. The number of nitrogens with two attached hydrogens (primary N) is 2. The summed E-state index contributed by atoms with van der Waals surface area (Å²) in [6.07, 6.45) is 3.21. The molecule has 0 aromatic rings. The Morgan fingerprint density at radius 3 is 2.58 bits per heavy atom. The lowest BCUT2D eigenvalue weighted by atomic mass is 10.1. The lowest BCUT2D eigenvalue weighted by molar-refractivity contribution is 0.490. The number of hydrogen-bond acceptors (Lipinski definition) is 4. The molecule has 12 heavy (non-hydrogen) atoms. The van der Waals surface area contributed by atoms with Gasteiger partial charge < -0.3 is 11.5 Å². The maximum Gasteiger partial charge on any atom is 0.296 e. The van der Waals surface area contributed by atoms with Gasteiger partial charge in [0.1, 0.15) is 4.91 Å². The molecule has 0 aliphatic heterocycles. The topological polar surface area (TPSA) is 106 Å². The summed E-state index contributed by atoms with van der Waals surface area (Å²) in [4.78, 5) is -0.291. The molecule has 1 unspecified atom stereocenters. The zero-order valence-corrected chi connectivity index (χ0v) is 7.08. The third-order valence-electron chi connectivity index (χ3n) is 1.54. The van der Waals surface area contributed by atoms with Crippen LogP contribution in [0.15, 0.2) is 22.8 Å². The Kier molecular flexibility index (Phi) is 2.22. The highest BCUT2D eigenvalue weighted by Crippen LogP contribution is 2.18. The van der Waals surface area contributed by atoms with Gasteiger partial charge in [-0.1, -0.05) is 6.08 Å². The van der Waals surface area contributed by atoms with E-state index in [1.807, 2.05) is 0 Å². The molecule has 1 rings (SSSR count). The van der Waals surface area contributed by atoms with E-state index >= 15 is 0 Å². The van der Waals surface area contributed by atoms with Crippen LogP contribution in [0.1, 0.15) is 6.42 Å². The summed E-state index contributed by atoms with van der Waals surface area (Å²) in [5.41, 5.74) is 10.8. The molecule has 5 nitrogen and oxygen atoms in total. The molecule has 0 saturated carbocycles. The molecule has 0 fully saturated rings. The van der Waals surface area contributed by atoms with Crippen LogP contribution in [0, 0.1) is 0 Å². The molecule has 0 aromatic heterocycles. The predicted octanol–water partition coefficient (Wildman–Crippen LogP) is -0.668. The largest absolute Gasteiger partial charge is 0.398 e. The Morgan fingerprint density at radius 1 is 1.58 bits per heavy atom. The molecule has 0 bridgehead atoms. The van der Waals surface area contributed by atoms with Crippen molar-refractivity contribution in [2.75, 3.05) is 0 Å². The average molecular weight is 190 g/mol. The quantitative estimate of drug-likeness (QED) is 0.475. The van der Waals surface area contributed by atoms with Crippen molar-refractivity contribution in [1.29, 1.82) is 0 Å². The van der Waals surface area contributed by atoms with E-state index in [0.29, 0.717) is 6.42 Å². The molecule has 0 amide bonds. The molecule has 6 heteroatoms. The summed E-state index contributed by atoms with van der Waals surface area (Å²) in [5.74, 6) is 0. The minimum atomic E-state index is -4.22. The molecular weight excluding hydrogens is 180 g/mol. The predicted molar refractivity (Wildman–Crippen MR) is 44.5 cm³/mol. The summed E-state index contributed by atoms with van der Waals surface area (Å²) in [6.45, 7) is 0. The minimum absolute atomic E-state index is 0.0548. The van der Waals surface area contributed by atoms with Crippen LogP contribution in [0.2, 0.25) is 0 Å². The average Bonchev–Trinajstić information content (AvgIpc) is 1.92. The second-order valence-electron chi connectivity index (χ2n) is 2.57. The lowest BCUT2D eigenvalue weighted by Crippen LogP contribution is -2.24. The highest BCUT2D eigenvalue weighted by molar-refractivity contribution is 7.90. The van der Waals surface area contributed by atoms with Gasteiger partial charge in [0, 0.05) is 11.7 Å². The van der Waals surface area contributed by atoms with Gasteiger partial charge >= 0.3 is 0 Å². The van der Waals surface area contributed by atoms with Gasteiger partial charge in [0.2, 0.25) is 0 Å². The van der Waals surface area contributed by atoms with Crippen molar-refractivity contribution in [3.8, 4) is 0 Å². The third kappa shape index (κ3) is 1.84. The Bertz CT molecular complexity index is 342. The van der Waals surface area contributed by atoms with E-state index in [-0.39, 0.29) is 10.6 Å². The van der Waals surface area contributed by atoms with Crippen LogP contribution in [0.25, 0.3) is 0 Å². The van der Waals surface area contributed by atoms with Crippen LogP contribution in [0.4, 0.5) is 0 Å². The smallest absolute Gasteiger partial charge is 0.296 e. The number of rotatable bonds is 1. The van der Waals surface area contributed by atoms with E-state index in [4.69, 9.17) is 16.0 Å². The van der Waals surface area contributed by atoms with Gasteiger partial charge in [-0.25, -0.2) is 0 Å². The van der Waals surface area contributed by atoms with E-state index < -0.39 is 16.2 Å². The van der Waals surface area contributed by atoms with Gasteiger partial charge in [0.05, 0.1) is 0 Å². The fourth-order valence-electron chi connectivity index (χ4n) is 0.957. The van der Waals surface area contributed by atoms with Crippen LogP contribution in [-0.4, -0.2) is 19.0 Å². The Hall–Kier alpha value is -0.850. The van der Waals surface area contributed by atoms with Gasteiger partial charge in [-0.3, -0.25) is 4.55 Å². The van der Waals surface area contributed by atoms with Crippen LogP contribution in [0.5, 0.6) is 0 Å². The van der Waals surface area contributed by atoms with E-state index in [1.165, 1.54) is 12.2 Å². The summed E-state index contributed by atoms with van der Waals surface area (Å²) < 4.78 is 30.0. The van der Waals surface area contributed by atoms with Crippen molar-refractivity contribution in [3.05, 3.63) is 22.8 Å². The van der Waals surface area contributed by atoms with E-state index in [1.54, 1.807) is 0 Å². The summed E-state index contributed by atoms with van der Waals surface area (Å²) in [7, 11) is -4.22. The first kappa shape index (κ1) is 9.24. The second kappa shape index (κ2) is 2.89. The van der Waals surface area contributed by atoms with Gasteiger partial charge in [-0.05, 0) is 12.5 Å².